The Balaban J connectivity index is 1.70. The molecule has 1 unspecified atom stereocenters. The molecule has 152 valence electrons. The van der Waals surface area contributed by atoms with Gasteiger partial charge in [0.2, 0.25) is 5.91 Å². The van der Waals surface area contributed by atoms with E-state index >= 15 is 0 Å². The third kappa shape index (κ3) is 4.63. The van der Waals surface area contributed by atoms with Crippen molar-refractivity contribution in [1.82, 2.24) is 14.5 Å². The molecule has 3 aromatic rings. The molecule has 6 nitrogen and oxygen atoms in total. The van der Waals surface area contributed by atoms with Gasteiger partial charge in [-0.05, 0) is 30.5 Å². The standard InChI is InChI=1S/C20H20Cl2N4O2S/c21-13-6-7-15-14(9-13)19(28)26(11-24-15)16(8-12-4-2-1-3-5-12)18(27)25-20-23-10-17(22)29-20/h6-7,9-12,16H,1-5,8H2,(H,23,25,27). The van der Waals surface area contributed by atoms with E-state index in [9.17, 15) is 9.59 Å². The zero-order valence-electron chi connectivity index (χ0n) is 15.6. The number of fused-ring (bicyclic) bond motifs is 1. The van der Waals surface area contributed by atoms with Crippen LogP contribution in [0.15, 0.2) is 35.5 Å². The quantitative estimate of drug-likeness (QED) is 0.571. The maximum atomic E-state index is 13.2. The summed E-state index contributed by atoms with van der Waals surface area (Å²) in [5, 5.41) is 4.08. The summed E-state index contributed by atoms with van der Waals surface area (Å²) in [4.78, 5) is 34.8. The number of aromatic nitrogens is 3. The summed E-state index contributed by atoms with van der Waals surface area (Å²) in [6.07, 6.45) is 9.19. The van der Waals surface area contributed by atoms with Crippen molar-refractivity contribution in [3.63, 3.8) is 0 Å². The summed E-state index contributed by atoms with van der Waals surface area (Å²) in [6.45, 7) is 0. The second-order valence-corrected chi connectivity index (χ2v) is 9.43. The van der Waals surface area contributed by atoms with Crippen LogP contribution < -0.4 is 10.9 Å². The predicted molar refractivity (Wildman–Crippen MR) is 117 cm³/mol. The molecule has 1 saturated carbocycles. The van der Waals surface area contributed by atoms with Crippen LogP contribution in [0.25, 0.3) is 10.9 Å². The lowest BCUT2D eigenvalue weighted by atomic mass is 9.84. The molecule has 1 atom stereocenters. The molecule has 29 heavy (non-hydrogen) atoms. The van der Waals surface area contributed by atoms with Crippen LogP contribution in [0.2, 0.25) is 9.36 Å². The van der Waals surface area contributed by atoms with Crippen LogP contribution in [0, 0.1) is 5.92 Å². The zero-order valence-corrected chi connectivity index (χ0v) is 17.9. The third-order valence-corrected chi connectivity index (χ3v) is 6.64. The maximum Gasteiger partial charge on any atom is 0.261 e. The molecule has 1 amide bonds. The molecule has 2 aromatic heterocycles. The van der Waals surface area contributed by atoms with Gasteiger partial charge < -0.3 is 5.32 Å². The van der Waals surface area contributed by atoms with Crippen molar-refractivity contribution in [3.05, 3.63) is 50.4 Å². The van der Waals surface area contributed by atoms with E-state index in [0.29, 0.717) is 37.7 Å². The van der Waals surface area contributed by atoms with Gasteiger partial charge in [-0.25, -0.2) is 9.97 Å². The van der Waals surface area contributed by atoms with E-state index in [1.54, 1.807) is 18.2 Å². The van der Waals surface area contributed by atoms with Crippen molar-refractivity contribution < 1.29 is 4.79 Å². The number of nitrogens with one attached hydrogen (secondary N) is 1. The van der Waals surface area contributed by atoms with Crippen molar-refractivity contribution in [2.45, 2.75) is 44.6 Å². The number of thiazole rings is 1. The molecule has 1 aromatic carbocycles. The number of hydrogen-bond donors (Lipinski definition) is 1. The fourth-order valence-electron chi connectivity index (χ4n) is 3.92. The fraction of sp³-hybridized carbons (Fsp3) is 0.400. The second-order valence-electron chi connectivity index (χ2n) is 7.33. The van der Waals surface area contributed by atoms with Crippen LogP contribution in [-0.4, -0.2) is 20.4 Å². The van der Waals surface area contributed by atoms with E-state index < -0.39 is 6.04 Å². The minimum absolute atomic E-state index is 0.273. The minimum Gasteiger partial charge on any atom is -0.300 e. The smallest absolute Gasteiger partial charge is 0.261 e. The van der Waals surface area contributed by atoms with E-state index in [2.05, 4.69) is 15.3 Å². The number of anilines is 1. The highest BCUT2D eigenvalue weighted by Gasteiger charge is 2.28. The van der Waals surface area contributed by atoms with Gasteiger partial charge in [0.05, 0.1) is 23.4 Å². The molecule has 1 N–H and O–H groups in total. The monoisotopic (exact) mass is 450 g/mol. The Labute approximate surface area is 181 Å². The Kier molecular flexibility index (Phi) is 6.18. The molecule has 9 heteroatoms. The number of amides is 1. The Morgan fingerprint density at radius 1 is 1.24 bits per heavy atom. The molecular weight excluding hydrogens is 431 g/mol. The average Bonchev–Trinajstić information content (AvgIpc) is 3.12. The minimum atomic E-state index is -0.677. The van der Waals surface area contributed by atoms with Crippen molar-refractivity contribution in [1.29, 1.82) is 0 Å². The lowest BCUT2D eigenvalue weighted by Gasteiger charge is -2.27. The molecular formula is C20H20Cl2N4O2S. The third-order valence-electron chi connectivity index (χ3n) is 5.37. The molecule has 2 heterocycles. The molecule has 1 fully saturated rings. The van der Waals surface area contributed by atoms with Gasteiger partial charge in [-0.1, -0.05) is 66.6 Å². The first-order chi connectivity index (χ1) is 14.0. The zero-order chi connectivity index (χ0) is 20.4. The fourth-order valence-corrected chi connectivity index (χ4v) is 4.90. The molecule has 1 aliphatic rings. The summed E-state index contributed by atoms with van der Waals surface area (Å²) in [6, 6.07) is 4.32. The molecule has 0 saturated heterocycles. The van der Waals surface area contributed by atoms with Gasteiger partial charge in [-0.3, -0.25) is 14.2 Å². The second kappa shape index (κ2) is 8.81. The van der Waals surface area contributed by atoms with Crippen molar-refractivity contribution in [2.24, 2.45) is 5.92 Å². The topological polar surface area (TPSA) is 76.9 Å². The highest BCUT2D eigenvalue weighted by Crippen LogP contribution is 2.32. The normalized spacial score (nSPS) is 16.1. The summed E-state index contributed by atoms with van der Waals surface area (Å²) in [5.41, 5.74) is 0.282. The van der Waals surface area contributed by atoms with Crippen LogP contribution in [0.3, 0.4) is 0 Å². The summed E-state index contributed by atoms with van der Waals surface area (Å²) >= 11 is 13.2. The largest absolute Gasteiger partial charge is 0.300 e. The van der Waals surface area contributed by atoms with E-state index in [4.69, 9.17) is 23.2 Å². The maximum absolute atomic E-state index is 13.2. The van der Waals surface area contributed by atoms with Crippen molar-refractivity contribution in [2.75, 3.05) is 5.32 Å². The Morgan fingerprint density at radius 3 is 2.76 bits per heavy atom. The van der Waals surface area contributed by atoms with Gasteiger partial charge in [-0.2, -0.15) is 0 Å². The van der Waals surface area contributed by atoms with Gasteiger partial charge in [0.1, 0.15) is 10.4 Å². The number of carbonyl (C=O) groups is 1. The van der Waals surface area contributed by atoms with Crippen molar-refractivity contribution in [3.8, 4) is 0 Å². The van der Waals surface area contributed by atoms with E-state index in [1.165, 1.54) is 34.8 Å². The summed E-state index contributed by atoms with van der Waals surface area (Å²) < 4.78 is 1.92. The Hall–Kier alpha value is -1.96. The first-order valence-electron chi connectivity index (χ1n) is 9.60. The van der Waals surface area contributed by atoms with E-state index in [-0.39, 0.29) is 11.5 Å². The first kappa shape index (κ1) is 20.3. The number of hydrogen-bond acceptors (Lipinski definition) is 5. The van der Waals surface area contributed by atoms with Gasteiger partial charge in [0.15, 0.2) is 5.13 Å². The van der Waals surface area contributed by atoms with E-state index in [1.807, 2.05) is 0 Å². The molecule has 0 bridgehead atoms. The van der Waals surface area contributed by atoms with Gasteiger partial charge >= 0.3 is 0 Å². The average molecular weight is 451 g/mol. The highest BCUT2D eigenvalue weighted by atomic mass is 35.5. The van der Waals surface area contributed by atoms with Gasteiger partial charge in [-0.15, -0.1) is 0 Å². The molecule has 4 rings (SSSR count). The summed E-state index contributed by atoms with van der Waals surface area (Å²) in [7, 11) is 0. The van der Waals surface area contributed by atoms with Crippen LogP contribution in [0.4, 0.5) is 5.13 Å². The first-order valence-corrected chi connectivity index (χ1v) is 11.2. The highest BCUT2D eigenvalue weighted by molar-refractivity contribution is 7.19. The lowest BCUT2D eigenvalue weighted by Crippen LogP contribution is -2.35. The predicted octanol–water partition coefficient (Wildman–Crippen LogP) is 5.31. The van der Waals surface area contributed by atoms with Crippen LogP contribution >= 0.6 is 34.5 Å². The van der Waals surface area contributed by atoms with Gasteiger partial charge in [0, 0.05) is 5.02 Å². The number of rotatable bonds is 5. The number of nitrogens with zero attached hydrogens (tertiary/aromatic N) is 3. The molecule has 0 aliphatic heterocycles. The molecule has 1 aliphatic carbocycles. The van der Waals surface area contributed by atoms with Crippen LogP contribution in [0.5, 0.6) is 0 Å². The number of carbonyl (C=O) groups excluding carboxylic acids is 1. The van der Waals surface area contributed by atoms with Crippen molar-refractivity contribution >= 4 is 56.5 Å². The van der Waals surface area contributed by atoms with E-state index in [0.717, 1.165) is 25.7 Å². The molecule has 0 radical (unpaired) electrons. The molecule has 0 spiro atoms. The van der Waals surface area contributed by atoms with Crippen LogP contribution in [0.1, 0.15) is 44.6 Å². The number of halogens is 2. The Morgan fingerprint density at radius 2 is 2.03 bits per heavy atom. The SMILES string of the molecule is O=C(Nc1ncc(Cl)s1)C(CC1CCCCC1)n1cnc2ccc(Cl)cc2c1=O. The summed E-state index contributed by atoms with van der Waals surface area (Å²) in [5.74, 6) is 0.105. The lowest BCUT2D eigenvalue weighted by molar-refractivity contribution is -0.120. The Bertz CT molecular complexity index is 1090. The number of benzene rings is 1. The van der Waals surface area contributed by atoms with Crippen LogP contribution in [-0.2, 0) is 4.79 Å². The van der Waals surface area contributed by atoms with Gasteiger partial charge in [0.25, 0.3) is 5.56 Å².